The van der Waals surface area contributed by atoms with Gasteiger partial charge in [-0.2, -0.15) is 0 Å². The van der Waals surface area contributed by atoms with Gasteiger partial charge < -0.3 is 9.84 Å². The number of aryl methyl sites for hydroxylation is 2. The topological polar surface area (TPSA) is 32.7 Å². The van der Waals surface area contributed by atoms with Crippen molar-refractivity contribution in [3.8, 4) is 0 Å². The molecule has 1 fully saturated rings. The van der Waals surface area contributed by atoms with Crippen LogP contribution < -0.4 is 0 Å². The third-order valence-corrected chi connectivity index (χ3v) is 3.92. The van der Waals surface area contributed by atoms with Crippen LogP contribution in [0, 0.1) is 13.8 Å². The van der Waals surface area contributed by atoms with Gasteiger partial charge in [0.1, 0.15) is 0 Å². The maximum absolute atomic E-state index is 8.72. The molecule has 0 amide bonds. The lowest BCUT2D eigenvalue weighted by molar-refractivity contribution is 0.0709. The number of aliphatic hydroxyl groups excluding tert-OH is 1. The van der Waals surface area contributed by atoms with E-state index >= 15 is 0 Å². The van der Waals surface area contributed by atoms with E-state index in [0.717, 1.165) is 13.1 Å². The molecule has 1 atom stereocenters. The third kappa shape index (κ3) is 3.78. The number of likely N-dealkylation sites (tertiary alicyclic amines) is 1. The number of hydrogen-bond donors (Lipinski definition) is 1. The zero-order valence-corrected chi connectivity index (χ0v) is 12.1. The van der Waals surface area contributed by atoms with Gasteiger partial charge in [-0.05, 0) is 44.4 Å². The Bertz CT molecular complexity index is 406. The Morgan fingerprint density at radius 1 is 1.32 bits per heavy atom. The van der Waals surface area contributed by atoms with Crippen LogP contribution >= 0.6 is 0 Å². The van der Waals surface area contributed by atoms with Gasteiger partial charge in [0.05, 0.1) is 19.8 Å². The molecule has 106 valence electrons. The minimum atomic E-state index is 0.112. The average Bonchev–Trinajstić information content (AvgIpc) is 2.86. The summed E-state index contributed by atoms with van der Waals surface area (Å²) in [7, 11) is 0. The lowest BCUT2D eigenvalue weighted by Crippen LogP contribution is -2.28. The molecule has 1 N–H and O–H groups in total. The lowest BCUT2D eigenvalue weighted by Gasteiger charge is -2.26. The van der Waals surface area contributed by atoms with Gasteiger partial charge in [-0.3, -0.25) is 4.90 Å². The molecule has 0 saturated carbocycles. The standard InChI is InChI=1S/C16H25NO2/c1-13-5-6-14(2)15(12-13)16-4-3-7-17(16)8-10-19-11-9-18/h5-6,12,16,18H,3-4,7-11H2,1-2H3. The Hall–Kier alpha value is -0.900. The van der Waals surface area contributed by atoms with E-state index in [0.29, 0.717) is 19.3 Å². The molecule has 1 unspecified atom stereocenters. The van der Waals surface area contributed by atoms with Crippen LogP contribution in [0.1, 0.15) is 35.6 Å². The fourth-order valence-electron chi connectivity index (χ4n) is 2.91. The molecule has 0 aliphatic carbocycles. The lowest BCUT2D eigenvalue weighted by atomic mass is 9.97. The van der Waals surface area contributed by atoms with Crippen LogP contribution in [-0.2, 0) is 4.74 Å². The summed E-state index contributed by atoms with van der Waals surface area (Å²) >= 11 is 0. The van der Waals surface area contributed by atoms with Gasteiger partial charge in [-0.25, -0.2) is 0 Å². The van der Waals surface area contributed by atoms with E-state index in [4.69, 9.17) is 9.84 Å². The summed E-state index contributed by atoms with van der Waals surface area (Å²) in [6.45, 7) is 7.74. The average molecular weight is 263 g/mol. The maximum Gasteiger partial charge on any atom is 0.0698 e. The van der Waals surface area contributed by atoms with Gasteiger partial charge in [0.2, 0.25) is 0 Å². The van der Waals surface area contributed by atoms with Crippen molar-refractivity contribution in [1.82, 2.24) is 4.90 Å². The van der Waals surface area contributed by atoms with Gasteiger partial charge in [-0.1, -0.05) is 23.8 Å². The molecular weight excluding hydrogens is 238 g/mol. The van der Waals surface area contributed by atoms with E-state index in [1.807, 2.05) is 0 Å². The van der Waals surface area contributed by atoms with Crippen molar-refractivity contribution in [2.75, 3.05) is 32.9 Å². The Labute approximate surface area is 116 Å². The van der Waals surface area contributed by atoms with Crippen LogP contribution in [-0.4, -0.2) is 42.9 Å². The van der Waals surface area contributed by atoms with E-state index in [-0.39, 0.29) is 6.61 Å². The summed E-state index contributed by atoms with van der Waals surface area (Å²) < 4.78 is 5.39. The second-order valence-corrected chi connectivity index (χ2v) is 5.39. The zero-order valence-electron chi connectivity index (χ0n) is 12.1. The second kappa shape index (κ2) is 7.04. The molecule has 1 heterocycles. The summed E-state index contributed by atoms with van der Waals surface area (Å²) in [4.78, 5) is 2.51. The molecule has 1 aromatic carbocycles. The van der Waals surface area contributed by atoms with Gasteiger partial charge in [-0.15, -0.1) is 0 Å². The largest absolute Gasteiger partial charge is 0.394 e. The molecule has 3 heteroatoms. The molecule has 0 aromatic heterocycles. The zero-order chi connectivity index (χ0) is 13.7. The monoisotopic (exact) mass is 263 g/mol. The highest BCUT2D eigenvalue weighted by Crippen LogP contribution is 2.33. The van der Waals surface area contributed by atoms with Crippen LogP contribution in [0.15, 0.2) is 18.2 Å². The van der Waals surface area contributed by atoms with E-state index in [1.54, 1.807) is 0 Å². The minimum Gasteiger partial charge on any atom is -0.394 e. The molecule has 3 nitrogen and oxygen atoms in total. The summed E-state index contributed by atoms with van der Waals surface area (Å²) in [6.07, 6.45) is 2.50. The number of nitrogens with zero attached hydrogens (tertiary/aromatic N) is 1. The second-order valence-electron chi connectivity index (χ2n) is 5.39. The number of ether oxygens (including phenoxy) is 1. The fourth-order valence-corrected chi connectivity index (χ4v) is 2.91. The van der Waals surface area contributed by atoms with Gasteiger partial charge in [0, 0.05) is 12.6 Å². The van der Waals surface area contributed by atoms with Crippen molar-refractivity contribution < 1.29 is 9.84 Å². The van der Waals surface area contributed by atoms with Crippen molar-refractivity contribution in [3.05, 3.63) is 34.9 Å². The van der Waals surface area contributed by atoms with E-state index < -0.39 is 0 Å². The van der Waals surface area contributed by atoms with Crippen LogP contribution in [0.25, 0.3) is 0 Å². The normalized spacial score (nSPS) is 20.1. The van der Waals surface area contributed by atoms with Crippen LogP contribution in [0.2, 0.25) is 0 Å². The SMILES string of the molecule is Cc1ccc(C)c(C2CCCN2CCOCCO)c1. The molecule has 1 aliphatic heterocycles. The highest BCUT2D eigenvalue weighted by Gasteiger charge is 2.26. The quantitative estimate of drug-likeness (QED) is 0.800. The van der Waals surface area contributed by atoms with Crippen LogP contribution in [0.5, 0.6) is 0 Å². The molecule has 0 bridgehead atoms. The first-order chi connectivity index (χ1) is 9.22. The van der Waals surface area contributed by atoms with Crippen molar-refractivity contribution in [2.24, 2.45) is 0 Å². The Kier molecular flexibility index (Phi) is 5.37. The van der Waals surface area contributed by atoms with Gasteiger partial charge in [0.15, 0.2) is 0 Å². The van der Waals surface area contributed by atoms with Crippen LogP contribution in [0.4, 0.5) is 0 Å². The van der Waals surface area contributed by atoms with E-state index in [2.05, 4.69) is 36.9 Å². The number of rotatable bonds is 6. The van der Waals surface area contributed by atoms with Crippen molar-refractivity contribution in [1.29, 1.82) is 0 Å². The molecule has 0 spiro atoms. The molecule has 1 aromatic rings. The number of aliphatic hydroxyl groups is 1. The van der Waals surface area contributed by atoms with E-state index in [1.165, 1.54) is 29.5 Å². The molecule has 2 rings (SSSR count). The van der Waals surface area contributed by atoms with E-state index in [9.17, 15) is 0 Å². The highest BCUT2D eigenvalue weighted by molar-refractivity contribution is 5.33. The van der Waals surface area contributed by atoms with Crippen molar-refractivity contribution in [3.63, 3.8) is 0 Å². The van der Waals surface area contributed by atoms with Crippen molar-refractivity contribution in [2.45, 2.75) is 32.7 Å². The summed E-state index contributed by atoms with van der Waals surface area (Å²) in [5, 5.41) is 8.72. The summed E-state index contributed by atoms with van der Waals surface area (Å²) in [5.74, 6) is 0. The summed E-state index contributed by atoms with van der Waals surface area (Å²) in [6, 6.07) is 7.27. The number of hydrogen-bond acceptors (Lipinski definition) is 3. The van der Waals surface area contributed by atoms with Crippen molar-refractivity contribution >= 4 is 0 Å². The molecule has 1 aliphatic rings. The molecule has 19 heavy (non-hydrogen) atoms. The fraction of sp³-hybridized carbons (Fsp3) is 0.625. The maximum atomic E-state index is 8.72. The minimum absolute atomic E-state index is 0.112. The molecule has 0 radical (unpaired) electrons. The first-order valence-electron chi connectivity index (χ1n) is 7.22. The first kappa shape index (κ1) is 14.5. The molecular formula is C16H25NO2. The smallest absolute Gasteiger partial charge is 0.0698 e. The summed E-state index contributed by atoms with van der Waals surface area (Å²) in [5.41, 5.74) is 4.20. The third-order valence-electron chi connectivity index (χ3n) is 3.92. The Morgan fingerprint density at radius 3 is 2.95 bits per heavy atom. The number of benzene rings is 1. The predicted molar refractivity (Wildman–Crippen MR) is 77.4 cm³/mol. The Morgan fingerprint density at radius 2 is 2.16 bits per heavy atom. The predicted octanol–water partition coefficient (Wildman–Crippen LogP) is 2.45. The van der Waals surface area contributed by atoms with Gasteiger partial charge in [0.25, 0.3) is 0 Å². The molecule has 1 saturated heterocycles. The van der Waals surface area contributed by atoms with Gasteiger partial charge >= 0.3 is 0 Å². The first-order valence-corrected chi connectivity index (χ1v) is 7.22. The Balaban J connectivity index is 1.99. The van der Waals surface area contributed by atoms with Crippen LogP contribution in [0.3, 0.4) is 0 Å². The highest BCUT2D eigenvalue weighted by atomic mass is 16.5.